The Balaban J connectivity index is 1.64. The zero-order valence-electron chi connectivity index (χ0n) is 17.5. The molecule has 2 fully saturated rings. The van der Waals surface area contributed by atoms with Gasteiger partial charge in [-0.15, -0.1) is 0 Å². The molecule has 0 radical (unpaired) electrons. The van der Waals surface area contributed by atoms with E-state index in [4.69, 9.17) is 0 Å². The fraction of sp³-hybridized carbons (Fsp3) is 0.538. The SMILES string of the molecule is C/C=C/CCc1cc2ccc([C@@H]3CC[C@@H]4CC(C)CCC4C3)c(F)c2c(F)c1F. The summed E-state index contributed by atoms with van der Waals surface area (Å²) in [6.45, 7) is 4.23. The molecule has 0 amide bonds. The van der Waals surface area contributed by atoms with Gasteiger partial charge in [0.1, 0.15) is 5.82 Å². The summed E-state index contributed by atoms with van der Waals surface area (Å²) in [6, 6.07) is 5.22. The molecule has 4 rings (SSSR count). The van der Waals surface area contributed by atoms with Crippen LogP contribution in [0.4, 0.5) is 13.2 Å². The van der Waals surface area contributed by atoms with Crippen molar-refractivity contribution < 1.29 is 13.2 Å². The molecule has 0 aliphatic heterocycles. The molecular formula is C26H31F3. The van der Waals surface area contributed by atoms with Crippen LogP contribution in [0.2, 0.25) is 0 Å². The van der Waals surface area contributed by atoms with Crippen LogP contribution in [0.3, 0.4) is 0 Å². The van der Waals surface area contributed by atoms with Crippen molar-refractivity contribution in [2.24, 2.45) is 17.8 Å². The predicted octanol–water partition coefficient (Wildman–Crippen LogP) is 8.09. The first-order chi connectivity index (χ1) is 14.0. The van der Waals surface area contributed by atoms with Crippen molar-refractivity contribution in [2.45, 2.75) is 71.1 Å². The second-order valence-corrected chi connectivity index (χ2v) is 9.29. The van der Waals surface area contributed by atoms with Gasteiger partial charge in [0, 0.05) is 0 Å². The number of rotatable bonds is 4. The lowest BCUT2D eigenvalue weighted by Crippen LogP contribution is -2.30. The van der Waals surface area contributed by atoms with Crippen molar-refractivity contribution in [1.29, 1.82) is 0 Å². The Morgan fingerprint density at radius 2 is 1.69 bits per heavy atom. The van der Waals surface area contributed by atoms with Gasteiger partial charge in [-0.3, -0.25) is 0 Å². The highest BCUT2D eigenvalue weighted by Gasteiger charge is 2.36. The molecule has 0 heterocycles. The van der Waals surface area contributed by atoms with Gasteiger partial charge in [0.2, 0.25) is 0 Å². The molecule has 0 bridgehead atoms. The van der Waals surface area contributed by atoms with Crippen LogP contribution in [-0.2, 0) is 6.42 Å². The Morgan fingerprint density at radius 3 is 2.48 bits per heavy atom. The van der Waals surface area contributed by atoms with E-state index in [0.29, 0.717) is 35.3 Å². The van der Waals surface area contributed by atoms with Crippen LogP contribution in [-0.4, -0.2) is 0 Å². The van der Waals surface area contributed by atoms with Gasteiger partial charge in [-0.1, -0.05) is 37.6 Å². The number of hydrogen-bond donors (Lipinski definition) is 0. The van der Waals surface area contributed by atoms with Crippen molar-refractivity contribution >= 4 is 10.8 Å². The standard InChI is InChI=1S/C26H31F3/c1-3-4-5-6-21-15-20-11-12-22(25(28)23(20)26(29)24(21)27)19-10-9-17-13-16(2)7-8-18(17)14-19/h3-4,11-12,15-19H,5-10,13-14H2,1-2H3/b4-3+/t16?,17-,18?,19-/m1/s1. The van der Waals surface area contributed by atoms with Crippen molar-refractivity contribution in [3.8, 4) is 0 Å². The molecule has 0 N–H and O–H groups in total. The number of fused-ring (bicyclic) bond motifs is 2. The highest BCUT2D eigenvalue weighted by atomic mass is 19.2. The Morgan fingerprint density at radius 1 is 0.931 bits per heavy atom. The Bertz CT molecular complexity index is 914. The van der Waals surface area contributed by atoms with Gasteiger partial charge in [0.25, 0.3) is 0 Å². The van der Waals surface area contributed by atoms with Gasteiger partial charge in [-0.2, -0.15) is 0 Å². The Kier molecular flexibility index (Phi) is 6.03. The minimum Gasteiger partial charge on any atom is -0.206 e. The van der Waals surface area contributed by atoms with E-state index in [0.717, 1.165) is 31.1 Å². The largest absolute Gasteiger partial charge is 0.206 e. The second-order valence-electron chi connectivity index (χ2n) is 9.29. The summed E-state index contributed by atoms with van der Waals surface area (Å²) in [7, 11) is 0. The van der Waals surface area contributed by atoms with Gasteiger partial charge in [-0.05, 0) is 98.1 Å². The number of allylic oxidation sites excluding steroid dienone is 2. The van der Waals surface area contributed by atoms with E-state index in [-0.39, 0.29) is 11.3 Å². The van der Waals surface area contributed by atoms with Gasteiger partial charge in [0.05, 0.1) is 5.39 Å². The normalized spacial score (nSPS) is 27.5. The van der Waals surface area contributed by atoms with E-state index in [2.05, 4.69) is 6.92 Å². The molecule has 2 aliphatic carbocycles. The maximum atomic E-state index is 15.4. The summed E-state index contributed by atoms with van der Waals surface area (Å²) < 4.78 is 44.9. The van der Waals surface area contributed by atoms with E-state index >= 15 is 4.39 Å². The summed E-state index contributed by atoms with van der Waals surface area (Å²) >= 11 is 0. The molecule has 0 saturated heterocycles. The zero-order chi connectivity index (χ0) is 20.5. The molecule has 29 heavy (non-hydrogen) atoms. The monoisotopic (exact) mass is 400 g/mol. The number of halogens is 3. The molecule has 4 atom stereocenters. The Labute approximate surface area is 172 Å². The summed E-state index contributed by atoms with van der Waals surface area (Å²) in [5.74, 6) is -0.162. The molecule has 0 spiro atoms. The van der Waals surface area contributed by atoms with Crippen molar-refractivity contribution in [3.05, 3.63) is 58.9 Å². The fourth-order valence-electron chi connectivity index (χ4n) is 5.76. The molecule has 3 heteroatoms. The maximum absolute atomic E-state index is 15.4. The number of aryl methyl sites for hydroxylation is 1. The average Bonchev–Trinajstić information content (AvgIpc) is 2.71. The highest BCUT2D eigenvalue weighted by molar-refractivity contribution is 5.85. The molecule has 0 aromatic heterocycles. The molecule has 2 aliphatic rings. The van der Waals surface area contributed by atoms with Crippen LogP contribution in [0.15, 0.2) is 30.4 Å². The van der Waals surface area contributed by atoms with Crippen LogP contribution in [0.5, 0.6) is 0 Å². The molecule has 2 aromatic rings. The van der Waals surface area contributed by atoms with Gasteiger partial charge >= 0.3 is 0 Å². The van der Waals surface area contributed by atoms with Crippen molar-refractivity contribution in [2.75, 3.05) is 0 Å². The van der Waals surface area contributed by atoms with Gasteiger partial charge < -0.3 is 0 Å². The molecular weight excluding hydrogens is 369 g/mol. The van der Waals surface area contributed by atoms with E-state index < -0.39 is 17.5 Å². The first-order valence-electron chi connectivity index (χ1n) is 11.2. The van der Waals surface area contributed by atoms with Crippen LogP contribution >= 0.6 is 0 Å². The maximum Gasteiger partial charge on any atom is 0.169 e. The van der Waals surface area contributed by atoms with E-state index in [1.54, 1.807) is 12.1 Å². The Hall–Kier alpha value is -1.77. The average molecular weight is 401 g/mol. The van der Waals surface area contributed by atoms with Gasteiger partial charge in [0.15, 0.2) is 11.6 Å². The van der Waals surface area contributed by atoms with Crippen LogP contribution in [0.25, 0.3) is 10.8 Å². The fourth-order valence-corrected chi connectivity index (χ4v) is 5.76. The molecule has 2 aromatic carbocycles. The third-order valence-electron chi connectivity index (χ3n) is 7.36. The van der Waals surface area contributed by atoms with Crippen molar-refractivity contribution in [1.82, 2.24) is 0 Å². The van der Waals surface area contributed by atoms with E-state index in [1.807, 2.05) is 25.1 Å². The minimum absolute atomic E-state index is 0.117. The summed E-state index contributed by atoms with van der Waals surface area (Å²) in [6.07, 6.45) is 11.7. The smallest absolute Gasteiger partial charge is 0.169 e. The summed E-state index contributed by atoms with van der Waals surface area (Å²) in [5, 5.41) is 0.287. The molecule has 0 nitrogen and oxygen atoms in total. The molecule has 156 valence electrons. The minimum atomic E-state index is -1.03. The van der Waals surface area contributed by atoms with E-state index in [1.165, 1.54) is 19.3 Å². The van der Waals surface area contributed by atoms with Crippen LogP contribution < -0.4 is 0 Å². The number of hydrogen-bond acceptors (Lipinski definition) is 0. The van der Waals surface area contributed by atoms with Crippen LogP contribution in [0, 0.1) is 35.2 Å². The third-order valence-corrected chi connectivity index (χ3v) is 7.36. The lowest BCUT2D eigenvalue weighted by molar-refractivity contribution is 0.124. The second kappa shape index (κ2) is 8.53. The summed E-state index contributed by atoms with van der Waals surface area (Å²) in [5.41, 5.74) is 0.895. The lowest BCUT2D eigenvalue weighted by Gasteiger charge is -2.41. The lowest BCUT2D eigenvalue weighted by atomic mass is 9.64. The first kappa shape index (κ1) is 20.5. The predicted molar refractivity (Wildman–Crippen MR) is 114 cm³/mol. The molecule has 2 unspecified atom stereocenters. The first-order valence-corrected chi connectivity index (χ1v) is 11.2. The number of benzene rings is 2. The van der Waals surface area contributed by atoms with Gasteiger partial charge in [-0.25, -0.2) is 13.2 Å². The topological polar surface area (TPSA) is 0 Å². The van der Waals surface area contributed by atoms with Crippen molar-refractivity contribution in [3.63, 3.8) is 0 Å². The summed E-state index contributed by atoms with van der Waals surface area (Å²) in [4.78, 5) is 0. The highest BCUT2D eigenvalue weighted by Crippen LogP contribution is 2.48. The molecule has 2 saturated carbocycles. The quantitative estimate of drug-likeness (QED) is 0.455. The van der Waals surface area contributed by atoms with Crippen LogP contribution in [0.1, 0.15) is 75.8 Å². The van der Waals surface area contributed by atoms with E-state index in [9.17, 15) is 8.78 Å². The zero-order valence-corrected chi connectivity index (χ0v) is 17.5. The third kappa shape index (κ3) is 3.98.